The van der Waals surface area contributed by atoms with Gasteiger partial charge < -0.3 is 25.3 Å². The smallest absolute Gasteiger partial charge is 0.696 e. The minimum Gasteiger partial charge on any atom is -0.696 e. The van der Waals surface area contributed by atoms with E-state index in [1.165, 1.54) is 84.4 Å². The molecule has 0 aliphatic heterocycles. The number of rotatable bonds is 12. The second kappa shape index (κ2) is 37.8. The van der Waals surface area contributed by atoms with Crippen molar-refractivity contribution in [2.75, 3.05) is 0 Å². The fourth-order valence-electron chi connectivity index (χ4n) is 5.58. The van der Waals surface area contributed by atoms with Gasteiger partial charge in [0.1, 0.15) is 0 Å². The van der Waals surface area contributed by atoms with Gasteiger partial charge in [-0.1, -0.05) is 66.2 Å². The Hall–Kier alpha value is -3.49. The van der Waals surface area contributed by atoms with Gasteiger partial charge in [0.2, 0.25) is 0 Å². The molecule has 0 bridgehead atoms. The molecule has 4 rings (SSSR count). The summed E-state index contributed by atoms with van der Waals surface area (Å²) in [4.78, 5) is 16.0. The van der Waals surface area contributed by atoms with Crippen molar-refractivity contribution in [2.45, 2.75) is 130 Å². The average molecular weight is 772 g/mol. The van der Waals surface area contributed by atoms with E-state index >= 15 is 0 Å². The van der Waals surface area contributed by atoms with Crippen LogP contribution in [0.4, 0.5) is 0 Å². The van der Waals surface area contributed by atoms with Gasteiger partial charge in [-0.3, -0.25) is 19.9 Å². The maximum atomic E-state index is 7.13. The predicted molar refractivity (Wildman–Crippen MR) is 216 cm³/mol. The number of aromatic nitrogens is 4. The van der Waals surface area contributed by atoms with Gasteiger partial charge in [-0.15, -0.1) is 0 Å². The van der Waals surface area contributed by atoms with Crippen molar-refractivity contribution in [1.29, 1.82) is 10.5 Å². The molecule has 0 atom stereocenters. The first-order valence-corrected chi connectivity index (χ1v) is 18.8. The molecule has 4 aromatic heterocycles. The Morgan fingerprint density at radius 3 is 0.608 bits per heavy atom. The van der Waals surface area contributed by atoms with Gasteiger partial charge in [0, 0.05) is 49.6 Å². The topological polar surface area (TPSA) is 99.1 Å². The van der Waals surface area contributed by atoms with Crippen molar-refractivity contribution in [2.24, 2.45) is 0 Å². The summed E-state index contributed by atoms with van der Waals surface area (Å²) in [5.74, 6) is 2.88. The standard InChI is InChI=1S/4C10H15N.2CHNS.Ni/c4*1-3-9(4-2)10-5-7-11-8-6-10;2*2-1-3;/h4*5-9H,3-4H2,1-2H3;2*3H;/q;;;;;;+2/p-2. The van der Waals surface area contributed by atoms with Crippen LogP contribution in [0.1, 0.15) is 153 Å². The zero-order valence-electron chi connectivity index (χ0n) is 32.0. The summed E-state index contributed by atoms with van der Waals surface area (Å²) < 4.78 is 0. The van der Waals surface area contributed by atoms with Crippen LogP contribution in [0.5, 0.6) is 0 Å². The van der Waals surface area contributed by atoms with Crippen LogP contribution in [-0.2, 0) is 41.7 Å². The molecule has 0 aromatic carbocycles. The van der Waals surface area contributed by atoms with Gasteiger partial charge in [0.05, 0.1) is 0 Å². The summed E-state index contributed by atoms with van der Waals surface area (Å²) in [5, 5.41) is 16.9. The van der Waals surface area contributed by atoms with Crippen LogP contribution in [0, 0.1) is 21.3 Å². The van der Waals surface area contributed by atoms with Crippen LogP contribution in [0.2, 0.25) is 0 Å². The van der Waals surface area contributed by atoms with Crippen LogP contribution in [0.3, 0.4) is 0 Å². The van der Waals surface area contributed by atoms with E-state index in [9.17, 15) is 0 Å². The number of hydrogen-bond acceptors (Lipinski definition) is 8. The molecule has 280 valence electrons. The first-order valence-electron chi connectivity index (χ1n) is 18.0. The summed E-state index contributed by atoms with van der Waals surface area (Å²) in [6.45, 7) is 17.8. The Morgan fingerprint density at radius 1 is 0.392 bits per heavy atom. The Balaban J connectivity index is -0.000000568. The molecular weight excluding hydrogens is 711 g/mol. The first-order chi connectivity index (χ1) is 24.4. The third-order valence-corrected chi connectivity index (χ3v) is 8.65. The molecule has 0 radical (unpaired) electrons. The molecule has 0 N–H and O–H groups in total. The summed E-state index contributed by atoms with van der Waals surface area (Å²) in [7, 11) is 0. The third kappa shape index (κ3) is 25.2. The van der Waals surface area contributed by atoms with Crippen LogP contribution in [0.25, 0.3) is 0 Å². The van der Waals surface area contributed by atoms with Gasteiger partial charge in [0.15, 0.2) is 0 Å². The van der Waals surface area contributed by atoms with E-state index < -0.39 is 0 Å². The summed E-state index contributed by atoms with van der Waals surface area (Å²) >= 11 is 7.40. The maximum absolute atomic E-state index is 7.13. The quantitative estimate of drug-likeness (QED) is 0.0797. The Kier molecular flexibility index (Phi) is 38.4. The van der Waals surface area contributed by atoms with E-state index in [4.69, 9.17) is 10.5 Å². The molecule has 0 amide bonds. The molecule has 6 nitrogen and oxygen atoms in total. The van der Waals surface area contributed by atoms with Gasteiger partial charge in [0.25, 0.3) is 0 Å². The largest absolute Gasteiger partial charge is 2.00 e. The summed E-state index contributed by atoms with van der Waals surface area (Å²) in [5.41, 5.74) is 5.69. The SMILES string of the molecule is CCC(CC)c1ccncc1.CCC(CC)c1ccncc1.CCC(CC)c1ccncc1.CCC(CC)c1ccncc1.N#C[S-].N#C[S-].[Ni+2]. The Morgan fingerprint density at radius 2 is 0.510 bits per heavy atom. The van der Waals surface area contributed by atoms with E-state index in [1.807, 2.05) is 49.6 Å². The fourth-order valence-corrected chi connectivity index (χ4v) is 5.58. The molecule has 0 saturated heterocycles. The van der Waals surface area contributed by atoms with E-state index in [-0.39, 0.29) is 16.5 Å². The van der Waals surface area contributed by atoms with Crippen LogP contribution < -0.4 is 0 Å². The Bertz CT molecular complexity index is 1140. The maximum Gasteiger partial charge on any atom is 2.00 e. The predicted octanol–water partition coefficient (Wildman–Crippen LogP) is 12.0. The minimum absolute atomic E-state index is 0. The number of pyridine rings is 4. The molecule has 0 spiro atoms. The van der Waals surface area contributed by atoms with Gasteiger partial charge in [-0.2, -0.15) is 0 Å². The van der Waals surface area contributed by atoms with Crippen molar-refractivity contribution >= 4 is 25.3 Å². The van der Waals surface area contributed by atoms with E-state index in [0.29, 0.717) is 0 Å². The van der Waals surface area contributed by atoms with E-state index in [0.717, 1.165) is 23.7 Å². The molecule has 4 aromatic rings. The summed E-state index contributed by atoms with van der Waals surface area (Å²) in [6, 6.07) is 16.9. The molecule has 4 heterocycles. The minimum atomic E-state index is 0. The molecule has 0 saturated carbocycles. The van der Waals surface area contributed by atoms with Gasteiger partial charge >= 0.3 is 16.5 Å². The van der Waals surface area contributed by atoms with Crippen LogP contribution >= 0.6 is 0 Å². The second-order valence-electron chi connectivity index (χ2n) is 11.4. The average Bonchev–Trinajstić information content (AvgIpc) is 3.17. The third-order valence-electron chi connectivity index (χ3n) is 8.65. The van der Waals surface area contributed by atoms with Crippen LogP contribution in [-0.4, -0.2) is 19.9 Å². The number of thiocyanates is 2. The van der Waals surface area contributed by atoms with Crippen molar-refractivity contribution in [3.05, 3.63) is 120 Å². The molecule has 9 heteroatoms. The van der Waals surface area contributed by atoms with Gasteiger partial charge in [-0.25, -0.2) is 10.5 Å². The Labute approximate surface area is 332 Å². The molecule has 0 aliphatic carbocycles. The fraction of sp³-hybridized carbons (Fsp3) is 0.476. The zero-order valence-corrected chi connectivity index (χ0v) is 34.6. The second-order valence-corrected chi connectivity index (χ2v) is 11.7. The van der Waals surface area contributed by atoms with Crippen molar-refractivity contribution in [3.63, 3.8) is 0 Å². The van der Waals surface area contributed by atoms with Crippen LogP contribution in [0.15, 0.2) is 98.1 Å². The molecule has 51 heavy (non-hydrogen) atoms. The molecule has 0 fully saturated rings. The number of hydrogen-bond donors (Lipinski definition) is 0. The summed E-state index contributed by atoms with van der Waals surface area (Å²) in [6.07, 6.45) is 24.7. The van der Waals surface area contributed by atoms with E-state index in [2.05, 4.69) is 149 Å². The normalized spacial score (nSPS) is 9.29. The first kappa shape index (κ1) is 51.9. The van der Waals surface area contributed by atoms with Gasteiger partial charge in [-0.05, 0) is 146 Å². The van der Waals surface area contributed by atoms with Crippen molar-refractivity contribution in [1.82, 2.24) is 19.9 Å². The van der Waals surface area contributed by atoms with Crippen molar-refractivity contribution in [3.8, 4) is 10.8 Å². The van der Waals surface area contributed by atoms with E-state index in [1.54, 1.807) is 0 Å². The molecular formula is C42H60N6NiS2. The zero-order chi connectivity index (χ0) is 37.8. The number of nitrogens with zero attached hydrogens (tertiary/aromatic N) is 6. The molecule has 0 aliphatic rings. The van der Waals surface area contributed by atoms with Crippen molar-refractivity contribution < 1.29 is 16.5 Å². The number of nitriles is 2. The molecule has 0 unspecified atom stereocenters. The monoisotopic (exact) mass is 770 g/mol.